The highest BCUT2D eigenvalue weighted by atomic mass is 32.2. The monoisotopic (exact) mass is 301 g/mol. The molecular formula is C12H15NO6S. The Balaban J connectivity index is 2.89. The van der Waals surface area contributed by atoms with E-state index >= 15 is 0 Å². The molecule has 1 rings (SSSR count). The number of sulfonamides is 1. The molecule has 8 heteroatoms. The summed E-state index contributed by atoms with van der Waals surface area (Å²) in [5.41, 5.74) is 0.534. The smallest absolute Gasteiger partial charge is 0.328 e. The van der Waals surface area contributed by atoms with E-state index in [4.69, 9.17) is 15.3 Å². The van der Waals surface area contributed by atoms with Crippen LogP contribution in [-0.4, -0.2) is 49.0 Å². The molecule has 0 saturated heterocycles. The van der Waals surface area contributed by atoms with E-state index in [-0.39, 0.29) is 4.90 Å². The highest BCUT2D eigenvalue weighted by Crippen LogP contribution is 2.12. The molecule has 0 aromatic heterocycles. The molecule has 0 atom stereocenters. The standard InChI is InChI=1S/C12H15NO6S/c14-7-10(8-15)13-20(18,19)11-4-1-9(2-5-11)3-6-12(16)17/h1-6,10,13-15H,7-8H2,(H,16,17). The minimum Gasteiger partial charge on any atom is -0.478 e. The van der Waals surface area contributed by atoms with Crippen molar-refractivity contribution in [2.45, 2.75) is 10.9 Å². The summed E-state index contributed by atoms with van der Waals surface area (Å²) in [6.45, 7) is -1.04. The van der Waals surface area contributed by atoms with Crippen molar-refractivity contribution in [1.82, 2.24) is 4.72 Å². The Hall–Kier alpha value is -1.74. The summed E-state index contributed by atoms with van der Waals surface area (Å²) in [5, 5.41) is 26.2. The number of benzene rings is 1. The van der Waals surface area contributed by atoms with Gasteiger partial charge >= 0.3 is 5.97 Å². The van der Waals surface area contributed by atoms with Crippen LogP contribution in [-0.2, 0) is 14.8 Å². The first-order valence-corrected chi connectivity index (χ1v) is 7.12. The Kier molecular flexibility index (Phi) is 5.83. The lowest BCUT2D eigenvalue weighted by Gasteiger charge is -2.13. The molecule has 4 N–H and O–H groups in total. The summed E-state index contributed by atoms with van der Waals surface area (Å²) in [7, 11) is -3.84. The second-order valence-electron chi connectivity index (χ2n) is 3.92. The molecular weight excluding hydrogens is 286 g/mol. The predicted octanol–water partition coefficient (Wildman–Crippen LogP) is -0.584. The maximum atomic E-state index is 11.9. The first kappa shape index (κ1) is 16.3. The average molecular weight is 301 g/mol. The zero-order chi connectivity index (χ0) is 15.2. The number of carbonyl (C=O) groups is 1. The van der Waals surface area contributed by atoms with Crippen LogP contribution in [0.1, 0.15) is 5.56 Å². The molecule has 1 aromatic rings. The summed E-state index contributed by atoms with van der Waals surface area (Å²) in [5.74, 6) is -1.10. The average Bonchev–Trinajstić information content (AvgIpc) is 2.43. The fraction of sp³-hybridized carbons (Fsp3) is 0.250. The largest absolute Gasteiger partial charge is 0.478 e. The van der Waals surface area contributed by atoms with Crippen LogP contribution in [0.5, 0.6) is 0 Å². The fourth-order valence-electron chi connectivity index (χ4n) is 1.35. The lowest BCUT2D eigenvalue weighted by Crippen LogP contribution is -2.39. The SMILES string of the molecule is O=C(O)C=Cc1ccc(S(=O)(=O)NC(CO)CO)cc1. The van der Waals surface area contributed by atoms with Gasteiger partial charge in [0, 0.05) is 6.08 Å². The molecule has 0 unspecified atom stereocenters. The molecule has 0 radical (unpaired) electrons. The molecule has 0 amide bonds. The van der Waals surface area contributed by atoms with Crippen LogP contribution in [0.2, 0.25) is 0 Å². The zero-order valence-electron chi connectivity index (χ0n) is 10.4. The van der Waals surface area contributed by atoms with E-state index in [1.165, 1.54) is 30.3 Å². The topological polar surface area (TPSA) is 124 Å². The third-order valence-corrected chi connectivity index (χ3v) is 3.91. The Morgan fingerprint density at radius 1 is 1.20 bits per heavy atom. The van der Waals surface area contributed by atoms with Crippen LogP contribution in [0, 0.1) is 0 Å². The second-order valence-corrected chi connectivity index (χ2v) is 5.64. The quantitative estimate of drug-likeness (QED) is 0.499. The number of aliphatic hydroxyl groups is 2. The fourth-order valence-corrected chi connectivity index (χ4v) is 2.56. The Morgan fingerprint density at radius 3 is 2.20 bits per heavy atom. The van der Waals surface area contributed by atoms with Crippen molar-refractivity contribution >= 4 is 22.1 Å². The van der Waals surface area contributed by atoms with Crippen molar-refractivity contribution in [3.63, 3.8) is 0 Å². The zero-order valence-corrected chi connectivity index (χ0v) is 11.2. The van der Waals surface area contributed by atoms with Gasteiger partial charge in [-0.2, -0.15) is 0 Å². The number of hydrogen-bond donors (Lipinski definition) is 4. The maximum absolute atomic E-state index is 11.9. The summed E-state index contributed by atoms with van der Waals surface area (Å²) >= 11 is 0. The predicted molar refractivity (Wildman–Crippen MR) is 71.4 cm³/mol. The number of aliphatic carboxylic acids is 1. The van der Waals surface area contributed by atoms with Gasteiger partial charge in [0.1, 0.15) is 0 Å². The van der Waals surface area contributed by atoms with E-state index in [0.717, 1.165) is 6.08 Å². The molecule has 0 bridgehead atoms. The van der Waals surface area contributed by atoms with Crippen LogP contribution >= 0.6 is 0 Å². The van der Waals surface area contributed by atoms with Crippen molar-refractivity contribution in [1.29, 1.82) is 0 Å². The first-order valence-electron chi connectivity index (χ1n) is 5.64. The van der Waals surface area contributed by atoms with Gasteiger partial charge in [-0.25, -0.2) is 17.9 Å². The van der Waals surface area contributed by atoms with Crippen LogP contribution in [0.3, 0.4) is 0 Å². The number of hydrogen-bond acceptors (Lipinski definition) is 5. The number of nitrogens with one attached hydrogen (secondary N) is 1. The van der Waals surface area contributed by atoms with E-state index in [1.807, 2.05) is 0 Å². The molecule has 110 valence electrons. The molecule has 0 aliphatic carbocycles. The van der Waals surface area contributed by atoms with Gasteiger partial charge in [-0.1, -0.05) is 12.1 Å². The first-order chi connectivity index (χ1) is 9.39. The molecule has 0 heterocycles. The molecule has 7 nitrogen and oxygen atoms in total. The van der Waals surface area contributed by atoms with Crippen LogP contribution in [0.4, 0.5) is 0 Å². The van der Waals surface area contributed by atoms with Crippen LogP contribution in [0.25, 0.3) is 6.08 Å². The normalized spacial score (nSPS) is 12.2. The van der Waals surface area contributed by atoms with E-state index in [9.17, 15) is 13.2 Å². The lowest BCUT2D eigenvalue weighted by molar-refractivity contribution is -0.131. The van der Waals surface area contributed by atoms with Crippen molar-refractivity contribution < 1.29 is 28.5 Å². The minimum absolute atomic E-state index is 0.0446. The molecule has 20 heavy (non-hydrogen) atoms. The van der Waals surface area contributed by atoms with Crippen molar-refractivity contribution in [3.8, 4) is 0 Å². The summed E-state index contributed by atoms with van der Waals surface area (Å²) in [6.07, 6.45) is 2.27. The Bertz CT molecular complexity index is 574. The van der Waals surface area contributed by atoms with E-state index < -0.39 is 35.2 Å². The number of carboxylic acids is 1. The van der Waals surface area contributed by atoms with Gasteiger partial charge in [0.2, 0.25) is 10.0 Å². The van der Waals surface area contributed by atoms with E-state index in [0.29, 0.717) is 5.56 Å². The van der Waals surface area contributed by atoms with Gasteiger partial charge in [-0.15, -0.1) is 0 Å². The van der Waals surface area contributed by atoms with Gasteiger partial charge in [-0.05, 0) is 23.8 Å². The highest BCUT2D eigenvalue weighted by Gasteiger charge is 2.18. The summed E-state index contributed by atoms with van der Waals surface area (Å²) in [4.78, 5) is 10.3. The van der Waals surface area contributed by atoms with Gasteiger partial charge in [0.15, 0.2) is 0 Å². The number of aliphatic hydroxyl groups excluding tert-OH is 2. The van der Waals surface area contributed by atoms with Gasteiger partial charge < -0.3 is 15.3 Å². The molecule has 0 saturated carbocycles. The third-order valence-electron chi connectivity index (χ3n) is 2.37. The molecule has 1 aromatic carbocycles. The maximum Gasteiger partial charge on any atom is 0.328 e. The molecule has 0 aliphatic rings. The molecule has 0 spiro atoms. The number of carboxylic acid groups (broad SMARTS) is 1. The summed E-state index contributed by atoms with van der Waals surface area (Å²) < 4.78 is 25.9. The second kappa shape index (κ2) is 7.15. The highest BCUT2D eigenvalue weighted by molar-refractivity contribution is 7.89. The van der Waals surface area contributed by atoms with Gasteiger partial charge in [-0.3, -0.25) is 0 Å². The van der Waals surface area contributed by atoms with Crippen LogP contribution < -0.4 is 4.72 Å². The van der Waals surface area contributed by atoms with E-state index in [1.54, 1.807) is 0 Å². The molecule has 0 aliphatic heterocycles. The third kappa shape index (κ3) is 4.74. The summed E-state index contributed by atoms with van der Waals surface area (Å²) in [6, 6.07) is 4.53. The van der Waals surface area contributed by atoms with Gasteiger partial charge in [0.05, 0.1) is 24.2 Å². The Morgan fingerprint density at radius 2 is 1.75 bits per heavy atom. The molecule has 0 fully saturated rings. The number of rotatable bonds is 7. The van der Waals surface area contributed by atoms with Crippen LogP contribution in [0.15, 0.2) is 35.2 Å². The minimum atomic E-state index is -3.84. The van der Waals surface area contributed by atoms with Crippen molar-refractivity contribution in [3.05, 3.63) is 35.9 Å². The van der Waals surface area contributed by atoms with Gasteiger partial charge in [0.25, 0.3) is 0 Å². The van der Waals surface area contributed by atoms with Crippen molar-refractivity contribution in [2.24, 2.45) is 0 Å². The Labute approximate surface area is 116 Å². The van der Waals surface area contributed by atoms with Crippen molar-refractivity contribution in [2.75, 3.05) is 13.2 Å². The lowest BCUT2D eigenvalue weighted by atomic mass is 10.2. The van der Waals surface area contributed by atoms with E-state index in [2.05, 4.69) is 4.72 Å².